The third-order valence-electron chi connectivity index (χ3n) is 3.99. The van der Waals surface area contributed by atoms with Crippen LogP contribution in [0, 0.1) is 11.3 Å². The van der Waals surface area contributed by atoms with Crippen LogP contribution in [0.1, 0.15) is 48.4 Å². The second-order valence-corrected chi connectivity index (χ2v) is 6.38. The molecule has 0 aliphatic heterocycles. The zero-order valence-corrected chi connectivity index (χ0v) is 12.7. The molecule has 5 heteroatoms. The summed E-state index contributed by atoms with van der Waals surface area (Å²) in [5.74, 6) is -0.694. The van der Waals surface area contributed by atoms with Gasteiger partial charge in [0.2, 0.25) is 5.91 Å². The van der Waals surface area contributed by atoms with Crippen molar-refractivity contribution in [2.75, 3.05) is 0 Å². The minimum absolute atomic E-state index is 0.0316. The van der Waals surface area contributed by atoms with Crippen LogP contribution in [0.2, 0.25) is 0 Å². The first-order valence-electron chi connectivity index (χ1n) is 7.04. The van der Waals surface area contributed by atoms with Gasteiger partial charge in [0, 0.05) is 10.8 Å². The lowest BCUT2D eigenvalue weighted by Gasteiger charge is -2.21. The molecule has 1 aliphatic rings. The minimum atomic E-state index is -0.547. The maximum atomic E-state index is 12.8. The smallest absolute Gasteiger partial charge is 0.250 e. The van der Waals surface area contributed by atoms with Gasteiger partial charge >= 0.3 is 0 Å². The highest BCUT2D eigenvalue weighted by atomic mass is 32.1. The Morgan fingerprint density at radius 1 is 1.36 bits per heavy atom. The molecule has 1 amide bonds. The Balaban J connectivity index is 2.06. The first-order chi connectivity index (χ1) is 10.6. The van der Waals surface area contributed by atoms with E-state index in [1.54, 1.807) is 0 Å². The number of fused-ring (bicyclic) bond motifs is 1. The number of amides is 1. The van der Waals surface area contributed by atoms with Crippen molar-refractivity contribution in [1.82, 2.24) is 0 Å². The van der Waals surface area contributed by atoms with Crippen molar-refractivity contribution < 1.29 is 9.59 Å². The van der Waals surface area contributed by atoms with Crippen molar-refractivity contribution in [3.63, 3.8) is 0 Å². The van der Waals surface area contributed by atoms with E-state index >= 15 is 0 Å². The standard InChI is InChI=1S/C17H14N2O2S/c18-9-8-13-14(17(19)21)12-7-6-11(15(20)16(12)22-13)10-4-2-1-3-5-10/h1-5,11H,6-8H2,(H2,19,21). The van der Waals surface area contributed by atoms with Crippen molar-refractivity contribution in [3.05, 3.63) is 56.8 Å². The Morgan fingerprint density at radius 3 is 2.73 bits per heavy atom. The van der Waals surface area contributed by atoms with Gasteiger partial charge in [0.25, 0.3) is 0 Å². The molecule has 2 aromatic rings. The van der Waals surface area contributed by atoms with Crippen LogP contribution in [0.25, 0.3) is 0 Å². The number of hydrogen-bond acceptors (Lipinski definition) is 4. The molecular weight excluding hydrogens is 296 g/mol. The molecule has 0 radical (unpaired) electrons. The van der Waals surface area contributed by atoms with E-state index in [1.165, 1.54) is 11.3 Å². The first-order valence-corrected chi connectivity index (χ1v) is 7.85. The predicted molar refractivity (Wildman–Crippen MR) is 84.0 cm³/mol. The Labute approximate surface area is 132 Å². The van der Waals surface area contributed by atoms with Crippen LogP contribution >= 0.6 is 11.3 Å². The summed E-state index contributed by atoms with van der Waals surface area (Å²) in [7, 11) is 0. The summed E-state index contributed by atoms with van der Waals surface area (Å²) >= 11 is 1.25. The van der Waals surface area contributed by atoms with E-state index in [1.807, 2.05) is 36.4 Å². The van der Waals surface area contributed by atoms with E-state index in [4.69, 9.17) is 11.0 Å². The summed E-state index contributed by atoms with van der Waals surface area (Å²) < 4.78 is 0. The van der Waals surface area contributed by atoms with E-state index in [2.05, 4.69) is 0 Å². The average molecular weight is 310 g/mol. The third-order valence-corrected chi connectivity index (χ3v) is 5.24. The summed E-state index contributed by atoms with van der Waals surface area (Å²) in [5, 5.41) is 8.90. The van der Waals surface area contributed by atoms with Crippen molar-refractivity contribution in [2.24, 2.45) is 5.73 Å². The number of carbonyl (C=O) groups is 2. The van der Waals surface area contributed by atoms with E-state index in [0.29, 0.717) is 28.2 Å². The molecule has 1 aliphatic carbocycles. The normalized spacial score (nSPS) is 16.9. The van der Waals surface area contributed by atoms with Crippen molar-refractivity contribution in [2.45, 2.75) is 25.2 Å². The molecule has 3 rings (SSSR count). The topological polar surface area (TPSA) is 83.9 Å². The fraction of sp³-hybridized carbons (Fsp3) is 0.235. The van der Waals surface area contributed by atoms with Gasteiger partial charge in [-0.15, -0.1) is 11.3 Å². The molecule has 1 heterocycles. The molecule has 2 N–H and O–H groups in total. The lowest BCUT2D eigenvalue weighted by molar-refractivity contribution is 0.0950. The molecule has 1 unspecified atom stereocenters. The van der Waals surface area contributed by atoms with Gasteiger partial charge in [-0.3, -0.25) is 9.59 Å². The van der Waals surface area contributed by atoms with E-state index in [-0.39, 0.29) is 18.1 Å². The van der Waals surface area contributed by atoms with Crippen molar-refractivity contribution in [3.8, 4) is 6.07 Å². The molecule has 0 spiro atoms. The Hall–Kier alpha value is -2.45. The molecule has 1 aromatic carbocycles. The average Bonchev–Trinajstić information content (AvgIpc) is 2.88. The zero-order chi connectivity index (χ0) is 15.7. The van der Waals surface area contributed by atoms with Crippen LogP contribution in [0.5, 0.6) is 0 Å². The first kappa shape index (κ1) is 14.5. The highest BCUT2D eigenvalue weighted by Gasteiger charge is 2.34. The number of thiophene rings is 1. The fourth-order valence-electron chi connectivity index (χ4n) is 3.02. The van der Waals surface area contributed by atoms with Gasteiger partial charge < -0.3 is 5.73 Å². The van der Waals surface area contributed by atoms with Crippen LogP contribution in [0.4, 0.5) is 0 Å². The SMILES string of the molecule is N#CCc1sc2c(c1C(N)=O)CCC(c1ccccc1)C2=O. The Morgan fingerprint density at radius 2 is 2.09 bits per heavy atom. The largest absolute Gasteiger partial charge is 0.366 e. The molecule has 1 atom stereocenters. The van der Waals surface area contributed by atoms with E-state index in [0.717, 1.165) is 11.1 Å². The zero-order valence-electron chi connectivity index (χ0n) is 11.8. The maximum absolute atomic E-state index is 12.8. The summed E-state index contributed by atoms with van der Waals surface area (Å²) in [6.07, 6.45) is 1.42. The van der Waals surface area contributed by atoms with E-state index < -0.39 is 5.91 Å². The molecule has 0 fully saturated rings. The van der Waals surface area contributed by atoms with Gasteiger partial charge in [-0.2, -0.15) is 5.26 Å². The number of nitrogens with zero attached hydrogens (tertiary/aromatic N) is 1. The molecule has 1 aromatic heterocycles. The lowest BCUT2D eigenvalue weighted by Crippen LogP contribution is -2.22. The highest BCUT2D eigenvalue weighted by molar-refractivity contribution is 7.14. The van der Waals surface area contributed by atoms with Gasteiger partial charge in [-0.25, -0.2) is 0 Å². The predicted octanol–water partition coefficient (Wildman–Crippen LogP) is 2.83. The van der Waals surface area contributed by atoms with Gasteiger partial charge in [0.1, 0.15) is 0 Å². The monoisotopic (exact) mass is 310 g/mol. The lowest BCUT2D eigenvalue weighted by atomic mass is 9.81. The molecule has 0 saturated carbocycles. The third kappa shape index (κ3) is 2.32. The van der Waals surface area contributed by atoms with Crippen LogP contribution in [0.3, 0.4) is 0 Å². The maximum Gasteiger partial charge on any atom is 0.250 e. The molecule has 0 saturated heterocycles. The highest BCUT2D eigenvalue weighted by Crippen LogP contribution is 2.39. The van der Waals surface area contributed by atoms with Gasteiger partial charge in [0.15, 0.2) is 5.78 Å². The van der Waals surface area contributed by atoms with Gasteiger partial charge in [0.05, 0.1) is 22.9 Å². The summed E-state index contributed by atoms with van der Waals surface area (Å²) in [6.45, 7) is 0. The molecule has 110 valence electrons. The Bertz CT molecular complexity index is 787. The number of Topliss-reactive ketones (excluding diaryl/α,β-unsaturated/α-hetero) is 1. The summed E-state index contributed by atoms with van der Waals surface area (Å²) in [4.78, 5) is 25.7. The van der Waals surface area contributed by atoms with Gasteiger partial charge in [-0.05, 0) is 24.0 Å². The molecular formula is C17H14N2O2S. The number of rotatable bonds is 3. The number of benzene rings is 1. The molecule has 0 bridgehead atoms. The minimum Gasteiger partial charge on any atom is -0.366 e. The van der Waals surface area contributed by atoms with E-state index in [9.17, 15) is 9.59 Å². The van der Waals surface area contributed by atoms with Crippen molar-refractivity contribution >= 4 is 23.0 Å². The number of primary amides is 1. The number of nitrogens with two attached hydrogens (primary N) is 1. The molecule has 22 heavy (non-hydrogen) atoms. The second kappa shape index (κ2) is 5.74. The fourth-order valence-corrected chi connectivity index (χ4v) is 4.30. The molecule has 4 nitrogen and oxygen atoms in total. The second-order valence-electron chi connectivity index (χ2n) is 5.27. The van der Waals surface area contributed by atoms with Gasteiger partial charge in [-0.1, -0.05) is 30.3 Å². The van der Waals surface area contributed by atoms with Crippen LogP contribution in [-0.4, -0.2) is 11.7 Å². The van der Waals surface area contributed by atoms with Crippen LogP contribution in [-0.2, 0) is 12.8 Å². The summed E-state index contributed by atoms with van der Waals surface area (Å²) in [6, 6.07) is 11.7. The summed E-state index contributed by atoms with van der Waals surface area (Å²) in [5.41, 5.74) is 7.57. The van der Waals surface area contributed by atoms with Crippen LogP contribution < -0.4 is 5.73 Å². The van der Waals surface area contributed by atoms with Crippen LogP contribution in [0.15, 0.2) is 30.3 Å². The number of nitriles is 1. The quantitative estimate of drug-likeness (QED) is 0.946. The number of ketones is 1. The Kier molecular flexibility index (Phi) is 3.78. The van der Waals surface area contributed by atoms with Crippen molar-refractivity contribution in [1.29, 1.82) is 5.26 Å². The number of hydrogen-bond donors (Lipinski definition) is 1. The number of carbonyl (C=O) groups excluding carboxylic acids is 2.